The molecular formula is C12H4F4N4S. The van der Waals surface area contributed by atoms with Crippen molar-refractivity contribution in [1.82, 2.24) is 0 Å². The third-order valence-corrected chi connectivity index (χ3v) is 2.74. The van der Waals surface area contributed by atoms with E-state index in [2.05, 4.69) is 5.32 Å². The van der Waals surface area contributed by atoms with Crippen LogP contribution in [0, 0.1) is 39.8 Å². The Morgan fingerprint density at radius 1 is 1.10 bits per heavy atom. The Hall–Kier alpha value is -2.70. The Morgan fingerprint density at radius 3 is 2.14 bits per heavy atom. The highest BCUT2D eigenvalue weighted by Crippen LogP contribution is 2.37. The van der Waals surface area contributed by atoms with Crippen LogP contribution in [0.3, 0.4) is 0 Å². The summed E-state index contributed by atoms with van der Waals surface area (Å²) in [6.45, 7) is 0. The molecule has 4 nitrogen and oxygen atoms in total. The van der Waals surface area contributed by atoms with E-state index in [0.29, 0.717) is 6.07 Å². The van der Waals surface area contributed by atoms with E-state index < -0.39 is 34.4 Å². The number of rotatable bonds is 3. The Bertz CT molecular complexity index is 688. The van der Waals surface area contributed by atoms with Gasteiger partial charge in [0, 0.05) is 4.90 Å². The van der Waals surface area contributed by atoms with Gasteiger partial charge in [0.15, 0.2) is 5.57 Å². The fourth-order valence-corrected chi connectivity index (χ4v) is 1.78. The molecule has 0 aliphatic rings. The van der Waals surface area contributed by atoms with Crippen molar-refractivity contribution in [3.63, 3.8) is 0 Å². The van der Waals surface area contributed by atoms with Gasteiger partial charge in [-0.25, -0.2) is 4.39 Å². The van der Waals surface area contributed by atoms with Crippen LogP contribution in [0.4, 0.5) is 23.2 Å². The molecule has 1 N–H and O–H groups in total. The van der Waals surface area contributed by atoms with Crippen LogP contribution in [0.5, 0.6) is 0 Å². The highest BCUT2D eigenvalue weighted by atomic mass is 32.2. The largest absolute Gasteiger partial charge is 0.446 e. The molecule has 0 spiro atoms. The molecule has 9 heteroatoms. The summed E-state index contributed by atoms with van der Waals surface area (Å²) in [5.41, 5.74) is -5.92. The second-order valence-corrected chi connectivity index (χ2v) is 4.54. The summed E-state index contributed by atoms with van der Waals surface area (Å²) in [5, 5.41) is 28.2. The molecule has 0 radical (unpaired) electrons. The first kappa shape index (κ1) is 16.4. The Labute approximate surface area is 120 Å². The topological polar surface area (TPSA) is 83.4 Å². The van der Waals surface area contributed by atoms with Crippen molar-refractivity contribution < 1.29 is 17.6 Å². The lowest BCUT2D eigenvalue weighted by Crippen LogP contribution is -2.03. The number of benzene rings is 1. The van der Waals surface area contributed by atoms with Crippen LogP contribution in [0.2, 0.25) is 0 Å². The molecule has 0 saturated heterocycles. The van der Waals surface area contributed by atoms with Gasteiger partial charge in [0.2, 0.25) is 0 Å². The number of hydrogen-bond donors (Lipinski definition) is 1. The van der Waals surface area contributed by atoms with Crippen molar-refractivity contribution in [1.29, 1.82) is 15.8 Å². The summed E-state index contributed by atoms with van der Waals surface area (Å²) < 4.78 is 50.1. The molecule has 0 fully saturated rings. The third kappa shape index (κ3) is 4.72. The fraction of sp³-hybridized carbons (Fsp3) is 0.0833. The van der Waals surface area contributed by atoms with Crippen LogP contribution >= 0.6 is 11.8 Å². The third-order valence-electron chi connectivity index (χ3n) is 2.02. The molecule has 0 unspecified atom stereocenters. The monoisotopic (exact) mass is 312 g/mol. The molecular weight excluding hydrogens is 308 g/mol. The number of nitrogens with zero attached hydrogens (tertiary/aromatic N) is 3. The van der Waals surface area contributed by atoms with Crippen LogP contribution in [-0.4, -0.2) is 5.51 Å². The molecule has 0 saturated carbocycles. The number of hydrogen-bond acceptors (Lipinski definition) is 5. The van der Waals surface area contributed by atoms with Crippen LogP contribution in [0.25, 0.3) is 0 Å². The van der Waals surface area contributed by atoms with Gasteiger partial charge in [-0.15, -0.1) is 0 Å². The standard InChI is InChI=1S/C12H4F4N4S/c13-9-3-8(21-12(14,15)16)1-2-10(9)20-11(6-19)7(4-17)5-18/h1-3,20H. The number of nitrogens with one attached hydrogen (secondary N) is 1. The first-order valence-electron chi connectivity index (χ1n) is 5.07. The van der Waals surface area contributed by atoms with Crippen LogP contribution in [0.15, 0.2) is 34.4 Å². The van der Waals surface area contributed by atoms with Crippen molar-refractivity contribution >= 4 is 17.4 Å². The molecule has 0 aromatic heterocycles. The van der Waals surface area contributed by atoms with Gasteiger partial charge in [-0.3, -0.25) is 0 Å². The average Bonchev–Trinajstić information content (AvgIpc) is 2.39. The first-order valence-corrected chi connectivity index (χ1v) is 5.89. The minimum Gasteiger partial charge on any atom is -0.343 e. The second kappa shape index (κ2) is 6.65. The minimum absolute atomic E-state index is 0.318. The highest BCUT2D eigenvalue weighted by Gasteiger charge is 2.29. The SMILES string of the molecule is N#CC(C#N)=C(C#N)Nc1ccc(SC(F)(F)F)cc1F. The number of thioether (sulfide) groups is 1. The molecule has 0 amide bonds. The second-order valence-electron chi connectivity index (χ2n) is 3.40. The molecule has 0 atom stereocenters. The molecule has 0 aliphatic heterocycles. The van der Waals surface area contributed by atoms with Gasteiger partial charge in [-0.2, -0.15) is 29.0 Å². The summed E-state index contributed by atoms with van der Waals surface area (Å²) in [6.07, 6.45) is 0. The van der Waals surface area contributed by atoms with Gasteiger partial charge in [-0.1, -0.05) is 0 Å². The normalized spacial score (nSPS) is 9.95. The van der Waals surface area contributed by atoms with E-state index in [-0.39, 0.29) is 10.6 Å². The van der Waals surface area contributed by atoms with Gasteiger partial charge >= 0.3 is 5.51 Å². The van der Waals surface area contributed by atoms with Crippen molar-refractivity contribution in [3.8, 4) is 18.2 Å². The summed E-state index contributed by atoms with van der Waals surface area (Å²) in [5.74, 6) is -1.05. The zero-order valence-corrected chi connectivity index (χ0v) is 10.8. The van der Waals surface area contributed by atoms with E-state index in [1.165, 1.54) is 18.2 Å². The lowest BCUT2D eigenvalue weighted by Gasteiger charge is -2.09. The maximum absolute atomic E-state index is 13.7. The minimum atomic E-state index is -4.55. The highest BCUT2D eigenvalue weighted by molar-refractivity contribution is 8.00. The van der Waals surface area contributed by atoms with Gasteiger partial charge in [0.25, 0.3) is 0 Å². The van der Waals surface area contributed by atoms with E-state index in [9.17, 15) is 17.6 Å². The van der Waals surface area contributed by atoms with Gasteiger partial charge in [-0.05, 0) is 30.0 Å². The first-order chi connectivity index (χ1) is 9.80. The Kier molecular flexibility index (Phi) is 5.18. The predicted octanol–water partition coefficient (Wildman–Crippen LogP) is 3.67. The fourth-order valence-electron chi connectivity index (χ4n) is 1.21. The van der Waals surface area contributed by atoms with Crippen molar-refractivity contribution in [2.75, 3.05) is 5.32 Å². The summed E-state index contributed by atoms with van der Waals surface area (Å²) in [7, 11) is 0. The van der Waals surface area contributed by atoms with Crippen LogP contribution in [0.1, 0.15) is 0 Å². The molecule has 0 aliphatic carbocycles. The average molecular weight is 312 g/mol. The Morgan fingerprint density at radius 2 is 1.71 bits per heavy atom. The molecule has 1 rings (SSSR count). The molecule has 0 heterocycles. The summed E-state index contributed by atoms with van der Waals surface area (Å²) >= 11 is -0.486. The number of halogens is 4. The maximum atomic E-state index is 13.7. The molecule has 1 aromatic carbocycles. The molecule has 21 heavy (non-hydrogen) atoms. The van der Waals surface area contributed by atoms with E-state index in [1.54, 1.807) is 0 Å². The van der Waals surface area contributed by atoms with Crippen molar-refractivity contribution in [2.45, 2.75) is 10.4 Å². The Balaban J connectivity index is 3.08. The van der Waals surface area contributed by atoms with E-state index in [0.717, 1.165) is 12.1 Å². The lowest BCUT2D eigenvalue weighted by atomic mass is 10.2. The summed E-state index contributed by atoms with van der Waals surface area (Å²) in [6, 6.07) is 7.00. The van der Waals surface area contributed by atoms with E-state index in [1.807, 2.05) is 0 Å². The predicted molar refractivity (Wildman–Crippen MR) is 65.8 cm³/mol. The quantitative estimate of drug-likeness (QED) is 0.523. The van der Waals surface area contributed by atoms with E-state index in [4.69, 9.17) is 15.8 Å². The molecule has 0 bridgehead atoms. The number of anilines is 1. The lowest BCUT2D eigenvalue weighted by molar-refractivity contribution is -0.0328. The van der Waals surface area contributed by atoms with Gasteiger partial charge in [0.05, 0.1) is 5.69 Å². The smallest absolute Gasteiger partial charge is 0.343 e. The molecule has 106 valence electrons. The van der Waals surface area contributed by atoms with Crippen LogP contribution < -0.4 is 5.32 Å². The summed E-state index contributed by atoms with van der Waals surface area (Å²) in [4.78, 5) is -0.367. The zero-order valence-electron chi connectivity index (χ0n) is 9.99. The maximum Gasteiger partial charge on any atom is 0.446 e. The number of allylic oxidation sites excluding steroid dienone is 2. The zero-order chi connectivity index (χ0) is 16.0. The van der Waals surface area contributed by atoms with Crippen LogP contribution in [-0.2, 0) is 0 Å². The van der Waals surface area contributed by atoms with Gasteiger partial charge in [0.1, 0.15) is 29.7 Å². The van der Waals surface area contributed by atoms with Crippen molar-refractivity contribution in [3.05, 3.63) is 35.3 Å². The number of alkyl halides is 3. The van der Waals surface area contributed by atoms with E-state index >= 15 is 0 Å². The van der Waals surface area contributed by atoms with Gasteiger partial charge < -0.3 is 5.32 Å². The van der Waals surface area contributed by atoms with Crippen molar-refractivity contribution in [2.24, 2.45) is 0 Å². The number of nitriles is 3. The molecule has 1 aromatic rings.